The van der Waals surface area contributed by atoms with E-state index in [1.165, 1.54) is 11.1 Å². The molecule has 4 aromatic carbocycles. The predicted octanol–water partition coefficient (Wildman–Crippen LogP) is 11.9. The van der Waals surface area contributed by atoms with Crippen molar-refractivity contribution in [1.82, 2.24) is 19.5 Å². The summed E-state index contributed by atoms with van der Waals surface area (Å²) in [7, 11) is 0. The fourth-order valence-corrected chi connectivity index (χ4v) is 10.4. The molecule has 1 atom stereocenters. The van der Waals surface area contributed by atoms with E-state index in [1.807, 2.05) is 36.4 Å². The topological polar surface area (TPSA) is 56.7 Å². The molecule has 4 aromatic heterocycles. The van der Waals surface area contributed by atoms with Crippen LogP contribution in [0.25, 0.3) is 55.7 Å². The monoisotopic (exact) mass is 965 g/mol. The van der Waals surface area contributed by atoms with Crippen LogP contribution in [0.1, 0.15) is 57.4 Å². The van der Waals surface area contributed by atoms with E-state index < -0.39 is 13.3 Å². The average molecular weight is 964 g/mol. The van der Waals surface area contributed by atoms with Gasteiger partial charge in [-0.1, -0.05) is 74.2 Å². The number of fused-ring (bicyclic) bond motifs is 4. The number of pyridine rings is 2. The molecular formula is C48H50GeIrN4O-2. The second kappa shape index (κ2) is 17.2. The number of nitrogens with zero attached hydrogens (tertiary/aromatic N) is 4. The Hall–Kier alpha value is -4.36. The van der Waals surface area contributed by atoms with Crippen LogP contribution in [0.15, 0.2) is 120 Å². The molecule has 0 aliphatic rings. The maximum absolute atomic E-state index is 6.41. The standard InChI is InChI=1S/C30H26N3O.C18H24GeN.Ir/c1-19(2)20(3)25-17-16-23-22-12-9-13-24(28(22)34-30(23)32-25)29-31-26-14-7-8-15-27(26)33(29)18-21-10-5-4-6-11-21;1-14(2)11-16-12-18(15-9-7-6-8-10-15)20-13-17(16)19(3,4)5;/h4-12,14-17,19-20H,18H2,1-3H3;6-9,12-14H,11H2,1-5H3;/q2*-1;. The van der Waals surface area contributed by atoms with Crippen LogP contribution in [0.4, 0.5) is 0 Å². The molecule has 0 spiro atoms. The maximum atomic E-state index is 6.41. The molecule has 0 fully saturated rings. The molecule has 0 N–H and O–H groups in total. The molecule has 283 valence electrons. The third-order valence-electron chi connectivity index (χ3n) is 10.3. The first-order valence-electron chi connectivity index (χ1n) is 19.2. The van der Waals surface area contributed by atoms with Crippen LogP contribution in [0.2, 0.25) is 17.3 Å². The number of hydrogen-bond donors (Lipinski definition) is 0. The van der Waals surface area contributed by atoms with Crippen LogP contribution in [0, 0.1) is 24.0 Å². The minimum absolute atomic E-state index is 0. The minimum atomic E-state index is -1.86. The summed E-state index contributed by atoms with van der Waals surface area (Å²) in [6, 6.07) is 44.1. The second-order valence-electron chi connectivity index (χ2n) is 16.2. The summed E-state index contributed by atoms with van der Waals surface area (Å²) in [5, 5.41) is 2.06. The van der Waals surface area contributed by atoms with Crippen LogP contribution in [-0.4, -0.2) is 32.8 Å². The largest absolute Gasteiger partial charge is 0 e. The van der Waals surface area contributed by atoms with Gasteiger partial charge in [0, 0.05) is 43.6 Å². The molecule has 8 rings (SSSR count). The van der Waals surface area contributed by atoms with Gasteiger partial charge in [0.1, 0.15) is 0 Å². The molecule has 0 aliphatic carbocycles. The van der Waals surface area contributed by atoms with Gasteiger partial charge in [0.2, 0.25) is 5.71 Å². The Morgan fingerprint density at radius 3 is 2.22 bits per heavy atom. The molecule has 1 radical (unpaired) electrons. The number of imidazole rings is 1. The van der Waals surface area contributed by atoms with Gasteiger partial charge in [-0.25, -0.2) is 4.98 Å². The van der Waals surface area contributed by atoms with Gasteiger partial charge in [-0.05, 0) is 35.7 Å². The molecule has 5 nitrogen and oxygen atoms in total. The Labute approximate surface area is 342 Å². The minimum Gasteiger partial charge on any atom is 0 e. The Morgan fingerprint density at radius 2 is 1.51 bits per heavy atom. The van der Waals surface area contributed by atoms with Gasteiger partial charge in [0.15, 0.2) is 0 Å². The molecule has 8 aromatic rings. The average Bonchev–Trinajstić information content (AvgIpc) is 3.72. The SMILES string of the molecule is CC(C)C(C)c1ccc2c(n1)oc1c(-c3nc4ccccc4n3Cc3ccccc3)[c-]ccc12.CC(C)Cc1cc(-c2[c-]cccc2)nc[c]1[Ge]([CH3])([CH3])[CH3].[Ir]. The molecule has 55 heavy (non-hydrogen) atoms. The van der Waals surface area contributed by atoms with Crippen LogP contribution in [-0.2, 0) is 33.1 Å². The Bertz CT molecular complexity index is 2520. The zero-order valence-electron chi connectivity index (χ0n) is 33.1. The zero-order chi connectivity index (χ0) is 38.0. The van der Waals surface area contributed by atoms with E-state index in [0.29, 0.717) is 23.5 Å². The van der Waals surface area contributed by atoms with Crippen molar-refractivity contribution in [2.45, 2.75) is 70.8 Å². The van der Waals surface area contributed by atoms with Crippen LogP contribution in [0.3, 0.4) is 0 Å². The van der Waals surface area contributed by atoms with Crippen molar-refractivity contribution < 1.29 is 24.5 Å². The first-order chi connectivity index (χ1) is 26.0. The molecular weight excluding hydrogens is 913 g/mol. The van der Waals surface area contributed by atoms with E-state index in [9.17, 15) is 0 Å². The van der Waals surface area contributed by atoms with Gasteiger partial charge < -0.3 is 8.98 Å². The molecule has 4 heterocycles. The zero-order valence-corrected chi connectivity index (χ0v) is 37.6. The summed E-state index contributed by atoms with van der Waals surface area (Å²) in [4.78, 5) is 14.6. The van der Waals surface area contributed by atoms with E-state index in [1.54, 1.807) is 4.40 Å². The van der Waals surface area contributed by atoms with Gasteiger partial charge in [0.05, 0.1) is 22.4 Å². The number of hydrogen-bond acceptors (Lipinski definition) is 4. The number of benzene rings is 4. The molecule has 0 bridgehead atoms. The summed E-state index contributed by atoms with van der Waals surface area (Å²) in [6.07, 6.45) is 3.27. The summed E-state index contributed by atoms with van der Waals surface area (Å²) in [6.45, 7) is 11.9. The van der Waals surface area contributed by atoms with Crippen molar-refractivity contribution in [3.63, 3.8) is 0 Å². The molecule has 1 unspecified atom stereocenters. The summed E-state index contributed by atoms with van der Waals surface area (Å²) >= 11 is -1.86. The third-order valence-corrected chi connectivity index (χ3v) is 14.6. The van der Waals surface area contributed by atoms with E-state index in [-0.39, 0.29) is 20.1 Å². The van der Waals surface area contributed by atoms with E-state index in [4.69, 9.17) is 19.4 Å². The van der Waals surface area contributed by atoms with Crippen molar-refractivity contribution in [1.29, 1.82) is 0 Å². The van der Waals surface area contributed by atoms with Crippen molar-refractivity contribution in [2.24, 2.45) is 11.8 Å². The van der Waals surface area contributed by atoms with Crippen molar-refractivity contribution in [3.8, 4) is 22.6 Å². The fourth-order valence-electron chi connectivity index (χ4n) is 7.07. The molecule has 0 amide bonds. The van der Waals surface area contributed by atoms with E-state index >= 15 is 0 Å². The van der Waals surface area contributed by atoms with Gasteiger partial charge in [0.25, 0.3) is 0 Å². The van der Waals surface area contributed by atoms with Gasteiger partial charge in [-0.2, -0.15) is 0 Å². The summed E-state index contributed by atoms with van der Waals surface area (Å²) in [5.74, 6) is 9.72. The molecule has 0 saturated carbocycles. The Balaban J connectivity index is 0.000000211. The first-order valence-corrected chi connectivity index (χ1v) is 26.5. The van der Waals surface area contributed by atoms with Crippen LogP contribution < -0.4 is 4.40 Å². The third kappa shape index (κ3) is 8.88. The predicted molar refractivity (Wildman–Crippen MR) is 228 cm³/mol. The molecule has 0 saturated heterocycles. The number of para-hydroxylation sites is 2. The van der Waals surface area contributed by atoms with Crippen LogP contribution in [0.5, 0.6) is 0 Å². The second-order valence-corrected chi connectivity index (χ2v) is 26.7. The smallest absolute Gasteiger partial charge is 0 e. The number of rotatable bonds is 9. The maximum Gasteiger partial charge on any atom is 0 e. The van der Waals surface area contributed by atoms with E-state index in [0.717, 1.165) is 68.7 Å². The molecule has 0 aliphatic heterocycles. The van der Waals surface area contributed by atoms with Crippen molar-refractivity contribution in [3.05, 3.63) is 144 Å². The van der Waals surface area contributed by atoms with Gasteiger partial charge >= 0.3 is 126 Å². The van der Waals surface area contributed by atoms with Crippen molar-refractivity contribution >= 4 is 50.8 Å². The number of aromatic nitrogens is 4. The van der Waals surface area contributed by atoms with Gasteiger partial charge in [-0.3, -0.25) is 4.98 Å². The van der Waals surface area contributed by atoms with Crippen molar-refractivity contribution in [2.75, 3.05) is 0 Å². The first kappa shape index (κ1) is 40.3. The molecule has 7 heteroatoms. The van der Waals surface area contributed by atoms with Crippen LogP contribution >= 0.6 is 0 Å². The normalized spacial score (nSPS) is 12.3. The quantitative estimate of drug-likeness (QED) is 0.107. The Morgan fingerprint density at radius 1 is 0.764 bits per heavy atom. The van der Waals surface area contributed by atoms with Gasteiger partial charge in [-0.15, -0.1) is 18.2 Å². The fraction of sp³-hybridized carbons (Fsp3) is 0.271. The summed E-state index contributed by atoms with van der Waals surface area (Å²) in [5.41, 5.74) is 10.3. The summed E-state index contributed by atoms with van der Waals surface area (Å²) < 4.78 is 10.2. The van der Waals surface area contributed by atoms with E-state index in [2.05, 4.69) is 148 Å². The number of furan rings is 1. The Kier molecular flexibility index (Phi) is 12.6.